The molecule has 24 heavy (non-hydrogen) atoms. The van der Waals surface area contributed by atoms with Crippen LogP contribution >= 0.6 is 0 Å². The lowest BCUT2D eigenvalue weighted by atomic mass is 9.79. The van der Waals surface area contributed by atoms with Crippen LogP contribution in [0.1, 0.15) is 54.5 Å². The van der Waals surface area contributed by atoms with Crippen LogP contribution in [0.2, 0.25) is 0 Å². The first kappa shape index (κ1) is 18.6. The second-order valence-corrected chi connectivity index (χ2v) is 6.84. The van der Waals surface area contributed by atoms with E-state index in [-0.39, 0.29) is 12.8 Å². The Labute approximate surface area is 142 Å². The van der Waals surface area contributed by atoms with E-state index in [0.717, 1.165) is 35.1 Å². The third-order valence-electron chi connectivity index (χ3n) is 4.53. The summed E-state index contributed by atoms with van der Waals surface area (Å²) in [5.41, 5.74) is 3.96. The summed E-state index contributed by atoms with van der Waals surface area (Å²) in [6.07, 6.45) is 2.01. The van der Waals surface area contributed by atoms with Gasteiger partial charge in [0.25, 0.3) is 0 Å². The van der Waals surface area contributed by atoms with Gasteiger partial charge in [-0.15, -0.1) is 0 Å². The van der Waals surface area contributed by atoms with E-state index in [0.29, 0.717) is 5.92 Å². The van der Waals surface area contributed by atoms with Gasteiger partial charge < -0.3 is 20.4 Å². The molecule has 1 aromatic carbocycles. The highest BCUT2D eigenvalue weighted by Crippen LogP contribution is 2.37. The minimum Gasteiger partial charge on any atom is -0.481 e. The Morgan fingerprint density at radius 2 is 2.08 bits per heavy atom. The van der Waals surface area contributed by atoms with Crippen LogP contribution in [0.4, 0.5) is 0 Å². The van der Waals surface area contributed by atoms with Crippen LogP contribution in [0.25, 0.3) is 6.08 Å². The van der Waals surface area contributed by atoms with Crippen molar-refractivity contribution >= 4 is 12.0 Å². The quantitative estimate of drug-likeness (QED) is 0.639. The van der Waals surface area contributed by atoms with E-state index in [1.165, 1.54) is 0 Å². The van der Waals surface area contributed by atoms with Gasteiger partial charge in [0, 0.05) is 6.42 Å². The average molecular weight is 334 g/mol. The number of carboxylic acid groups (broad SMARTS) is 1. The molecule has 5 nitrogen and oxygen atoms in total. The number of rotatable bonds is 6. The molecule has 0 amide bonds. The lowest BCUT2D eigenvalue weighted by Gasteiger charge is -2.28. The smallest absolute Gasteiger partial charge is 0.305 e. The lowest BCUT2D eigenvalue weighted by Crippen LogP contribution is -2.19. The van der Waals surface area contributed by atoms with E-state index in [1.807, 2.05) is 19.1 Å². The molecule has 4 N–H and O–H groups in total. The largest absolute Gasteiger partial charge is 0.481 e. The van der Waals surface area contributed by atoms with Gasteiger partial charge in [-0.3, -0.25) is 4.79 Å². The Kier molecular flexibility index (Phi) is 6.15. The molecule has 0 aliphatic heterocycles. The summed E-state index contributed by atoms with van der Waals surface area (Å²) in [5, 5.41) is 38.7. The predicted molar refractivity (Wildman–Crippen MR) is 91.5 cm³/mol. The van der Waals surface area contributed by atoms with Crippen LogP contribution in [-0.2, 0) is 11.2 Å². The molecule has 0 aromatic heterocycles. The summed E-state index contributed by atoms with van der Waals surface area (Å²) < 4.78 is 0. The minimum atomic E-state index is -1.09. The Hall–Kier alpha value is -1.69. The third kappa shape index (κ3) is 4.66. The number of hydrogen-bond donors (Lipinski definition) is 4. The summed E-state index contributed by atoms with van der Waals surface area (Å²) >= 11 is 0. The van der Waals surface area contributed by atoms with E-state index in [1.54, 1.807) is 12.2 Å². The minimum absolute atomic E-state index is 0.0313. The van der Waals surface area contributed by atoms with Gasteiger partial charge in [-0.05, 0) is 47.9 Å². The zero-order valence-corrected chi connectivity index (χ0v) is 14.1. The SMILES string of the molecule is Cc1ccc2c(c1C=CC(O)CC(O)CC(=O)O)C(O)CC(C)C2. The summed E-state index contributed by atoms with van der Waals surface area (Å²) in [6.45, 7) is 4.07. The van der Waals surface area contributed by atoms with Crippen molar-refractivity contribution in [3.8, 4) is 0 Å². The maximum absolute atomic E-state index is 10.6. The standard InChI is InChI=1S/C19H26O5/c1-11-7-13-4-3-12(2)16(19(13)17(22)8-11)6-5-14(20)9-15(21)10-18(23)24/h3-6,11,14-15,17,20-22H,7-10H2,1-2H3,(H,23,24). The molecule has 0 saturated carbocycles. The van der Waals surface area contributed by atoms with Gasteiger partial charge in [-0.1, -0.05) is 31.2 Å². The van der Waals surface area contributed by atoms with Gasteiger partial charge in [0.15, 0.2) is 0 Å². The Balaban J connectivity index is 2.17. The van der Waals surface area contributed by atoms with Crippen LogP contribution in [0.3, 0.4) is 0 Å². The number of aliphatic hydroxyl groups is 3. The number of aliphatic carboxylic acids is 1. The van der Waals surface area contributed by atoms with Crippen molar-refractivity contribution in [2.45, 2.75) is 57.8 Å². The molecule has 1 aromatic rings. The molecule has 0 fully saturated rings. The topological polar surface area (TPSA) is 98.0 Å². The Morgan fingerprint density at radius 3 is 2.75 bits per heavy atom. The van der Waals surface area contributed by atoms with E-state index in [9.17, 15) is 20.1 Å². The fraction of sp³-hybridized carbons (Fsp3) is 0.526. The second kappa shape index (κ2) is 7.92. The number of carboxylic acids is 1. The second-order valence-electron chi connectivity index (χ2n) is 6.84. The molecule has 0 heterocycles. The summed E-state index contributed by atoms with van der Waals surface area (Å²) in [6, 6.07) is 4.06. The molecule has 2 rings (SSSR count). The van der Waals surface area contributed by atoms with E-state index >= 15 is 0 Å². The van der Waals surface area contributed by atoms with Crippen molar-refractivity contribution < 1.29 is 25.2 Å². The predicted octanol–water partition coefficient (Wildman–Crippen LogP) is 2.21. The summed E-state index contributed by atoms with van der Waals surface area (Å²) in [5.74, 6) is -0.660. The normalized spacial score (nSPS) is 23.0. The van der Waals surface area contributed by atoms with Gasteiger partial charge in [0.1, 0.15) is 0 Å². The Morgan fingerprint density at radius 1 is 1.38 bits per heavy atom. The summed E-state index contributed by atoms with van der Waals surface area (Å²) in [7, 11) is 0. The maximum Gasteiger partial charge on any atom is 0.305 e. The highest BCUT2D eigenvalue weighted by molar-refractivity contribution is 5.67. The zero-order valence-electron chi connectivity index (χ0n) is 14.1. The van der Waals surface area contributed by atoms with Gasteiger partial charge >= 0.3 is 5.97 Å². The lowest BCUT2D eigenvalue weighted by molar-refractivity contribution is -0.139. The molecule has 0 spiro atoms. The van der Waals surface area contributed by atoms with E-state index < -0.39 is 24.3 Å². The molecule has 4 atom stereocenters. The zero-order chi connectivity index (χ0) is 17.9. The highest BCUT2D eigenvalue weighted by Gasteiger charge is 2.25. The number of benzene rings is 1. The number of aliphatic hydroxyl groups excluding tert-OH is 3. The monoisotopic (exact) mass is 334 g/mol. The number of carbonyl (C=O) groups is 1. The van der Waals surface area contributed by atoms with Crippen molar-refractivity contribution in [3.05, 3.63) is 40.5 Å². The van der Waals surface area contributed by atoms with Crippen LogP contribution in [-0.4, -0.2) is 38.6 Å². The molecule has 0 saturated heterocycles. The van der Waals surface area contributed by atoms with Crippen LogP contribution < -0.4 is 0 Å². The molecule has 1 aliphatic carbocycles. The molecule has 0 bridgehead atoms. The van der Waals surface area contributed by atoms with E-state index in [2.05, 4.69) is 6.92 Å². The first-order chi connectivity index (χ1) is 11.3. The number of hydrogen-bond acceptors (Lipinski definition) is 4. The molecular weight excluding hydrogens is 308 g/mol. The van der Waals surface area contributed by atoms with E-state index in [4.69, 9.17) is 5.11 Å². The number of fused-ring (bicyclic) bond motifs is 1. The van der Waals surface area contributed by atoms with Gasteiger partial charge in [0.2, 0.25) is 0 Å². The molecule has 1 aliphatic rings. The highest BCUT2D eigenvalue weighted by atomic mass is 16.4. The molecule has 5 heteroatoms. The first-order valence-electron chi connectivity index (χ1n) is 8.34. The van der Waals surface area contributed by atoms with Crippen molar-refractivity contribution in [2.24, 2.45) is 5.92 Å². The third-order valence-corrected chi connectivity index (χ3v) is 4.53. The van der Waals surface area contributed by atoms with Crippen molar-refractivity contribution in [2.75, 3.05) is 0 Å². The maximum atomic E-state index is 10.6. The number of aryl methyl sites for hydroxylation is 1. The van der Waals surface area contributed by atoms with Crippen molar-refractivity contribution in [1.82, 2.24) is 0 Å². The summed E-state index contributed by atoms with van der Waals surface area (Å²) in [4.78, 5) is 10.6. The van der Waals surface area contributed by atoms with Crippen LogP contribution in [0.5, 0.6) is 0 Å². The fourth-order valence-electron chi connectivity index (χ4n) is 3.39. The van der Waals surface area contributed by atoms with Gasteiger partial charge in [-0.25, -0.2) is 0 Å². The van der Waals surface area contributed by atoms with Crippen LogP contribution in [0.15, 0.2) is 18.2 Å². The van der Waals surface area contributed by atoms with Gasteiger partial charge in [0.05, 0.1) is 24.7 Å². The van der Waals surface area contributed by atoms with Gasteiger partial charge in [-0.2, -0.15) is 0 Å². The average Bonchev–Trinajstić information content (AvgIpc) is 2.45. The first-order valence-corrected chi connectivity index (χ1v) is 8.34. The van der Waals surface area contributed by atoms with Crippen molar-refractivity contribution in [1.29, 1.82) is 0 Å². The molecule has 4 unspecified atom stereocenters. The Bertz CT molecular complexity index is 622. The fourth-order valence-corrected chi connectivity index (χ4v) is 3.39. The molecule has 0 radical (unpaired) electrons. The molecular formula is C19H26O5. The molecule has 132 valence electrons. The van der Waals surface area contributed by atoms with Crippen molar-refractivity contribution in [3.63, 3.8) is 0 Å². The van der Waals surface area contributed by atoms with Crippen LogP contribution in [0, 0.1) is 12.8 Å².